The van der Waals surface area contributed by atoms with Crippen molar-refractivity contribution in [3.63, 3.8) is 0 Å². The van der Waals surface area contributed by atoms with Crippen molar-refractivity contribution >= 4 is 22.0 Å². The first kappa shape index (κ1) is 23.3. The fourth-order valence-corrected chi connectivity index (χ4v) is 5.09. The summed E-state index contributed by atoms with van der Waals surface area (Å²) in [6, 6.07) is 8.81. The number of carbonyl (C=O) groups excluding carboxylic acids is 1. The second-order valence-corrected chi connectivity index (χ2v) is 10.1. The molecule has 0 spiro atoms. The normalized spacial score (nSPS) is 16.5. The molecule has 31 heavy (non-hydrogen) atoms. The highest BCUT2D eigenvalue weighted by Crippen LogP contribution is 2.32. The van der Waals surface area contributed by atoms with Crippen LogP contribution in [0.3, 0.4) is 0 Å². The molecule has 1 aromatic heterocycles. The third-order valence-corrected chi connectivity index (χ3v) is 7.38. The molecular weight excluding hydrogens is 410 g/mol. The number of amides is 1. The van der Waals surface area contributed by atoms with Crippen molar-refractivity contribution in [2.24, 2.45) is 5.14 Å². The smallest absolute Gasteiger partial charge is 0.246 e. The zero-order valence-corrected chi connectivity index (χ0v) is 19.7. The molecule has 6 nitrogen and oxygen atoms in total. The van der Waals surface area contributed by atoms with Crippen LogP contribution in [0.1, 0.15) is 73.6 Å². The van der Waals surface area contributed by atoms with Gasteiger partial charge in [-0.05, 0) is 69.0 Å². The van der Waals surface area contributed by atoms with Crippen LogP contribution in [0.15, 0.2) is 41.3 Å². The van der Waals surface area contributed by atoms with Gasteiger partial charge in [-0.2, -0.15) is 0 Å². The molecule has 168 valence electrons. The molecule has 0 radical (unpaired) electrons. The molecule has 1 fully saturated rings. The van der Waals surface area contributed by atoms with Crippen LogP contribution in [0.25, 0.3) is 6.08 Å². The molecule has 1 saturated carbocycles. The van der Waals surface area contributed by atoms with Gasteiger partial charge in [-0.1, -0.05) is 31.4 Å². The molecule has 0 aliphatic heterocycles. The van der Waals surface area contributed by atoms with Crippen molar-refractivity contribution in [1.29, 1.82) is 0 Å². The summed E-state index contributed by atoms with van der Waals surface area (Å²) in [5.74, 6) is -0.143. The Morgan fingerprint density at radius 1 is 1.19 bits per heavy atom. The van der Waals surface area contributed by atoms with E-state index in [-0.39, 0.29) is 16.8 Å². The maximum atomic E-state index is 12.8. The van der Waals surface area contributed by atoms with Crippen LogP contribution in [0, 0.1) is 13.8 Å². The van der Waals surface area contributed by atoms with Gasteiger partial charge in [-0.15, -0.1) is 0 Å². The minimum atomic E-state index is -3.79. The van der Waals surface area contributed by atoms with E-state index in [1.54, 1.807) is 30.2 Å². The number of nitrogens with two attached hydrogens (primary N) is 1. The van der Waals surface area contributed by atoms with Gasteiger partial charge in [0.15, 0.2) is 0 Å². The summed E-state index contributed by atoms with van der Waals surface area (Å²) in [7, 11) is -2.07. The van der Waals surface area contributed by atoms with Crippen LogP contribution in [0.4, 0.5) is 0 Å². The summed E-state index contributed by atoms with van der Waals surface area (Å²) >= 11 is 0. The van der Waals surface area contributed by atoms with Crippen molar-refractivity contribution in [2.45, 2.75) is 69.9 Å². The van der Waals surface area contributed by atoms with Crippen molar-refractivity contribution in [3.05, 3.63) is 58.9 Å². The first-order valence-electron chi connectivity index (χ1n) is 10.9. The van der Waals surface area contributed by atoms with Gasteiger partial charge in [0.25, 0.3) is 0 Å². The van der Waals surface area contributed by atoms with Gasteiger partial charge in [0, 0.05) is 30.6 Å². The van der Waals surface area contributed by atoms with E-state index in [4.69, 9.17) is 5.14 Å². The summed E-state index contributed by atoms with van der Waals surface area (Å²) in [5, 5.41) is 5.23. The van der Waals surface area contributed by atoms with E-state index in [9.17, 15) is 13.2 Å². The molecule has 3 rings (SSSR count). The fourth-order valence-electron chi connectivity index (χ4n) is 4.52. The Kier molecular flexibility index (Phi) is 7.06. The number of carbonyl (C=O) groups is 1. The number of benzene rings is 1. The number of rotatable bonds is 6. The SMILES string of the molecule is Cc1cc(C=CC(=O)N(C)C(C)c2cccc(S(N)(=O)=O)c2)c(C)n1C1CCCCC1. The third-order valence-electron chi connectivity index (χ3n) is 6.47. The Morgan fingerprint density at radius 2 is 1.87 bits per heavy atom. The van der Waals surface area contributed by atoms with Gasteiger partial charge in [0.2, 0.25) is 15.9 Å². The Morgan fingerprint density at radius 3 is 2.52 bits per heavy atom. The van der Waals surface area contributed by atoms with Gasteiger partial charge in [-0.3, -0.25) is 4.79 Å². The molecule has 0 bridgehead atoms. The number of aromatic nitrogens is 1. The lowest BCUT2D eigenvalue weighted by atomic mass is 9.95. The lowest BCUT2D eigenvalue weighted by Gasteiger charge is -2.26. The van der Waals surface area contributed by atoms with Crippen molar-refractivity contribution in [2.75, 3.05) is 7.05 Å². The summed E-state index contributed by atoms with van der Waals surface area (Å²) in [4.78, 5) is 14.4. The standard InChI is InChI=1S/C24H33N3O3S/c1-17-15-21(19(3)27(17)22-10-6-5-7-11-22)13-14-24(28)26(4)18(2)20-9-8-12-23(16-20)31(25,29)30/h8-9,12-16,18,22H,5-7,10-11H2,1-4H3,(H2,25,29,30). The number of nitrogens with zero attached hydrogens (tertiary/aromatic N) is 2. The van der Waals surface area contributed by atoms with E-state index in [2.05, 4.69) is 24.5 Å². The zero-order valence-electron chi connectivity index (χ0n) is 18.8. The maximum Gasteiger partial charge on any atom is 0.246 e. The number of sulfonamides is 1. The summed E-state index contributed by atoms with van der Waals surface area (Å²) in [6.07, 6.45) is 9.79. The molecular formula is C24H33N3O3S. The quantitative estimate of drug-likeness (QED) is 0.668. The maximum absolute atomic E-state index is 12.8. The average molecular weight is 444 g/mol. The monoisotopic (exact) mass is 443 g/mol. The first-order chi connectivity index (χ1) is 14.6. The van der Waals surface area contributed by atoms with Crippen LogP contribution < -0.4 is 5.14 Å². The van der Waals surface area contributed by atoms with Crippen LogP contribution in [0.2, 0.25) is 0 Å². The minimum Gasteiger partial charge on any atom is -0.346 e. The highest BCUT2D eigenvalue weighted by Gasteiger charge is 2.20. The second-order valence-electron chi connectivity index (χ2n) is 8.56. The van der Waals surface area contributed by atoms with Crippen molar-refractivity contribution < 1.29 is 13.2 Å². The van der Waals surface area contributed by atoms with Crippen molar-refractivity contribution in [3.8, 4) is 0 Å². The summed E-state index contributed by atoms with van der Waals surface area (Å²) in [6.45, 7) is 6.12. The van der Waals surface area contributed by atoms with E-state index in [1.165, 1.54) is 55.6 Å². The second kappa shape index (κ2) is 9.40. The molecule has 1 aromatic carbocycles. The minimum absolute atomic E-state index is 0.0448. The third kappa shape index (κ3) is 5.28. The van der Waals surface area contributed by atoms with E-state index in [0.717, 1.165) is 5.56 Å². The van der Waals surface area contributed by atoms with Crippen LogP contribution in [0.5, 0.6) is 0 Å². The molecule has 1 aliphatic carbocycles. The first-order valence-corrected chi connectivity index (χ1v) is 12.4. The van der Waals surface area contributed by atoms with Crippen molar-refractivity contribution in [1.82, 2.24) is 9.47 Å². The number of aryl methyl sites for hydroxylation is 1. The topological polar surface area (TPSA) is 85.4 Å². The highest BCUT2D eigenvalue weighted by atomic mass is 32.2. The lowest BCUT2D eigenvalue weighted by molar-refractivity contribution is -0.126. The Hall–Kier alpha value is -2.38. The van der Waals surface area contributed by atoms with Crippen LogP contribution in [-0.2, 0) is 14.8 Å². The number of hydrogen-bond donors (Lipinski definition) is 1. The molecule has 1 atom stereocenters. The summed E-state index contributed by atoms with van der Waals surface area (Å²) in [5.41, 5.74) is 4.21. The van der Waals surface area contributed by atoms with Gasteiger partial charge in [0.05, 0.1) is 10.9 Å². The molecule has 0 saturated heterocycles. The molecule has 1 aliphatic rings. The highest BCUT2D eigenvalue weighted by molar-refractivity contribution is 7.89. The lowest BCUT2D eigenvalue weighted by Crippen LogP contribution is -2.28. The van der Waals surface area contributed by atoms with Crippen LogP contribution >= 0.6 is 0 Å². The Bertz CT molecular complexity index is 1080. The van der Waals surface area contributed by atoms with Gasteiger partial charge >= 0.3 is 0 Å². The van der Waals surface area contributed by atoms with Crippen LogP contribution in [-0.4, -0.2) is 30.8 Å². The predicted molar refractivity (Wildman–Crippen MR) is 124 cm³/mol. The van der Waals surface area contributed by atoms with E-state index >= 15 is 0 Å². The molecule has 1 unspecified atom stereocenters. The number of hydrogen-bond acceptors (Lipinski definition) is 3. The average Bonchev–Trinajstić information content (AvgIpc) is 3.04. The number of likely N-dealkylation sites (N-methyl/N-ethyl adjacent to an activating group) is 1. The zero-order chi connectivity index (χ0) is 22.8. The van der Waals surface area contributed by atoms with Gasteiger partial charge in [0.1, 0.15) is 0 Å². The van der Waals surface area contributed by atoms with Gasteiger partial charge < -0.3 is 9.47 Å². The molecule has 7 heteroatoms. The van der Waals surface area contributed by atoms with Gasteiger partial charge in [-0.25, -0.2) is 13.6 Å². The van der Waals surface area contributed by atoms with E-state index in [0.29, 0.717) is 11.6 Å². The Labute approximate surface area is 185 Å². The molecule has 1 heterocycles. The molecule has 2 N–H and O–H groups in total. The largest absolute Gasteiger partial charge is 0.346 e. The predicted octanol–water partition coefficient (Wildman–Crippen LogP) is 4.49. The van der Waals surface area contributed by atoms with E-state index in [1.807, 2.05) is 13.0 Å². The summed E-state index contributed by atoms with van der Waals surface area (Å²) < 4.78 is 25.7. The molecule has 1 amide bonds. The van der Waals surface area contributed by atoms with E-state index < -0.39 is 10.0 Å². The number of primary sulfonamides is 1. The molecule has 2 aromatic rings. The fraction of sp³-hybridized carbons (Fsp3) is 0.458. The Balaban J connectivity index is 1.75.